The number of H-pyrrole nitrogens is 1. The highest BCUT2D eigenvalue weighted by Crippen LogP contribution is 2.36. The molecule has 4 heterocycles. The maximum absolute atomic E-state index is 13.8. The van der Waals surface area contributed by atoms with Gasteiger partial charge in [0.25, 0.3) is 0 Å². The molecule has 1 aromatic carbocycles. The topological polar surface area (TPSA) is 61.9 Å². The van der Waals surface area contributed by atoms with E-state index in [4.69, 9.17) is 4.98 Å². The summed E-state index contributed by atoms with van der Waals surface area (Å²) in [7, 11) is 0. The van der Waals surface area contributed by atoms with Crippen LogP contribution in [0.25, 0.3) is 0 Å². The molecule has 2 aliphatic heterocycles. The largest absolute Gasteiger partial charge is 0.332 e. The van der Waals surface area contributed by atoms with Crippen molar-refractivity contribution in [1.29, 1.82) is 0 Å². The van der Waals surface area contributed by atoms with E-state index in [0.717, 1.165) is 61.3 Å². The second kappa shape index (κ2) is 8.29. The molecule has 5 nitrogen and oxygen atoms in total. The third-order valence-electron chi connectivity index (χ3n) is 6.85. The van der Waals surface area contributed by atoms with Crippen molar-refractivity contribution in [2.75, 3.05) is 0 Å². The van der Waals surface area contributed by atoms with Crippen LogP contribution < -0.4 is 0 Å². The number of aromatic nitrogens is 3. The first-order valence-electron chi connectivity index (χ1n) is 11.4. The lowest BCUT2D eigenvalue weighted by Gasteiger charge is -2.33. The van der Waals surface area contributed by atoms with E-state index in [1.54, 1.807) is 0 Å². The number of fused-ring (bicyclic) bond motifs is 3. The van der Waals surface area contributed by atoms with Crippen molar-refractivity contribution < 1.29 is 4.79 Å². The molecule has 4 bridgehead atoms. The molecule has 0 saturated carbocycles. The lowest BCUT2D eigenvalue weighted by molar-refractivity contribution is -0.142. The van der Waals surface area contributed by atoms with Crippen molar-refractivity contribution >= 4 is 5.91 Å². The van der Waals surface area contributed by atoms with Crippen molar-refractivity contribution in [2.24, 2.45) is 5.41 Å². The SMILES string of the molecule is CC1(Cc2ccccc2)CCCCCc2cccc(n2)Cc2n[nH]c3c2CN(C3)C1=O. The number of nitrogens with zero attached hydrogens (tertiary/aromatic N) is 3. The quantitative estimate of drug-likeness (QED) is 0.666. The zero-order valence-corrected chi connectivity index (χ0v) is 18.2. The molecule has 1 N–H and O–H groups in total. The van der Waals surface area contributed by atoms with Gasteiger partial charge < -0.3 is 4.90 Å². The molecule has 5 heteroatoms. The molecule has 0 fully saturated rings. The second-order valence-electron chi connectivity index (χ2n) is 9.37. The molecule has 3 aromatic rings. The summed E-state index contributed by atoms with van der Waals surface area (Å²) in [6.45, 7) is 3.43. The fourth-order valence-electron chi connectivity index (χ4n) is 5.12. The molecule has 2 aromatic heterocycles. The van der Waals surface area contributed by atoms with Gasteiger partial charge in [-0.15, -0.1) is 0 Å². The van der Waals surface area contributed by atoms with Gasteiger partial charge in [-0.25, -0.2) is 0 Å². The van der Waals surface area contributed by atoms with Crippen LogP contribution in [0.3, 0.4) is 0 Å². The summed E-state index contributed by atoms with van der Waals surface area (Å²) in [5.41, 5.74) is 6.33. The van der Waals surface area contributed by atoms with E-state index in [1.807, 2.05) is 11.0 Å². The number of benzene rings is 1. The number of aromatic amines is 1. The summed E-state index contributed by atoms with van der Waals surface area (Å²) in [6.07, 6.45) is 6.67. The third kappa shape index (κ3) is 4.14. The molecule has 1 atom stereocenters. The van der Waals surface area contributed by atoms with Gasteiger partial charge >= 0.3 is 0 Å². The number of carbonyl (C=O) groups is 1. The summed E-state index contributed by atoms with van der Waals surface area (Å²) in [5, 5.41) is 7.76. The second-order valence-corrected chi connectivity index (χ2v) is 9.37. The van der Waals surface area contributed by atoms with E-state index in [0.29, 0.717) is 19.5 Å². The summed E-state index contributed by atoms with van der Waals surface area (Å²) in [5.74, 6) is 0.264. The monoisotopic (exact) mass is 414 g/mol. The Labute approximate surface area is 183 Å². The van der Waals surface area contributed by atoms with E-state index in [2.05, 4.69) is 59.6 Å². The summed E-state index contributed by atoms with van der Waals surface area (Å²) >= 11 is 0. The van der Waals surface area contributed by atoms with E-state index in [1.165, 1.54) is 11.1 Å². The number of hydrogen-bond acceptors (Lipinski definition) is 3. The van der Waals surface area contributed by atoms with Crippen LogP contribution in [0.1, 0.15) is 66.5 Å². The molecule has 1 amide bonds. The lowest BCUT2D eigenvalue weighted by atomic mass is 9.77. The molecule has 31 heavy (non-hydrogen) atoms. The highest BCUT2D eigenvalue weighted by atomic mass is 16.2. The molecule has 0 aliphatic carbocycles. The van der Waals surface area contributed by atoms with Gasteiger partial charge in [-0.1, -0.05) is 56.2 Å². The van der Waals surface area contributed by atoms with Gasteiger partial charge in [-0.3, -0.25) is 14.9 Å². The van der Waals surface area contributed by atoms with Crippen molar-refractivity contribution in [1.82, 2.24) is 20.1 Å². The number of aryl methyl sites for hydroxylation is 1. The molecule has 1 unspecified atom stereocenters. The van der Waals surface area contributed by atoms with Crippen LogP contribution in [0.4, 0.5) is 0 Å². The maximum Gasteiger partial charge on any atom is 0.229 e. The summed E-state index contributed by atoms with van der Waals surface area (Å²) in [6, 6.07) is 16.8. The molecular formula is C26H30N4O. The summed E-state index contributed by atoms with van der Waals surface area (Å²) < 4.78 is 0. The molecule has 160 valence electrons. The minimum absolute atomic E-state index is 0.264. The Morgan fingerprint density at radius 3 is 2.71 bits per heavy atom. The van der Waals surface area contributed by atoms with Crippen LogP contribution in [-0.4, -0.2) is 26.0 Å². The molecule has 0 saturated heterocycles. The zero-order chi connectivity index (χ0) is 21.3. The summed E-state index contributed by atoms with van der Waals surface area (Å²) in [4.78, 5) is 20.7. The fraction of sp³-hybridized carbons (Fsp3) is 0.423. The molecule has 0 spiro atoms. The van der Waals surface area contributed by atoms with Crippen LogP contribution in [0.2, 0.25) is 0 Å². The van der Waals surface area contributed by atoms with E-state index in [-0.39, 0.29) is 5.91 Å². The Kier molecular flexibility index (Phi) is 5.34. The van der Waals surface area contributed by atoms with E-state index in [9.17, 15) is 4.79 Å². The van der Waals surface area contributed by atoms with Gasteiger partial charge in [0.15, 0.2) is 0 Å². The average Bonchev–Trinajstić information content (AvgIpc) is 3.35. The molecule has 5 rings (SSSR count). The lowest BCUT2D eigenvalue weighted by Crippen LogP contribution is -2.41. The van der Waals surface area contributed by atoms with Gasteiger partial charge in [0.2, 0.25) is 5.91 Å². The van der Waals surface area contributed by atoms with Crippen LogP contribution >= 0.6 is 0 Å². The van der Waals surface area contributed by atoms with Crippen molar-refractivity contribution in [3.63, 3.8) is 0 Å². The number of rotatable bonds is 2. The number of hydrogen-bond donors (Lipinski definition) is 1. The van der Waals surface area contributed by atoms with Crippen LogP contribution in [0, 0.1) is 5.41 Å². The van der Waals surface area contributed by atoms with Gasteiger partial charge in [-0.05, 0) is 43.4 Å². The van der Waals surface area contributed by atoms with Gasteiger partial charge in [0, 0.05) is 29.9 Å². The Balaban J connectivity index is 1.45. The molecular weight excluding hydrogens is 384 g/mol. The number of amides is 1. The van der Waals surface area contributed by atoms with Crippen LogP contribution in [0.15, 0.2) is 48.5 Å². The Morgan fingerprint density at radius 1 is 1.00 bits per heavy atom. The average molecular weight is 415 g/mol. The van der Waals surface area contributed by atoms with Crippen molar-refractivity contribution in [3.8, 4) is 0 Å². The first-order valence-corrected chi connectivity index (χ1v) is 11.4. The smallest absolute Gasteiger partial charge is 0.229 e. The Bertz CT molecular complexity index is 1070. The first-order chi connectivity index (χ1) is 15.1. The number of pyridine rings is 1. The maximum atomic E-state index is 13.8. The molecule has 0 radical (unpaired) electrons. The predicted molar refractivity (Wildman–Crippen MR) is 120 cm³/mol. The Hall–Kier alpha value is -2.95. The Morgan fingerprint density at radius 2 is 1.84 bits per heavy atom. The van der Waals surface area contributed by atoms with Crippen LogP contribution in [-0.2, 0) is 37.1 Å². The van der Waals surface area contributed by atoms with Crippen LogP contribution in [0.5, 0.6) is 0 Å². The van der Waals surface area contributed by atoms with Crippen molar-refractivity contribution in [2.45, 2.75) is 65.0 Å². The zero-order valence-electron chi connectivity index (χ0n) is 18.2. The standard InChI is InChI=1S/C26H30N4O/c1-26(16-19-9-4-2-5-10-19)14-7-3-6-11-20-12-8-13-21(27-20)15-23-22-17-30(25(26)31)18-24(22)29-28-23/h2,4-5,8-10,12-13H,3,6-7,11,14-18H2,1H3,(H,28,29). The minimum Gasteiger partial charge on any atom is -0.332 e. The van der Waals surface area contributed by atoms with E-state index < -0.39 is 5.41 Å². The highest BCUT2D eigenvalue weighted by molar-refractivity contribution is 5.83. The van der Waals surface area contributed by atoms with Gasteiger partial charge in [0.05, 0.1) is 23.3 Å². The molecule has 2 aliphatic rings. The highest BCUT2D eigenvalue weighted by Gasteiger charge is 2.39. The van der Waals surface area contributed by atoms with Gasteiger partial charge in [-0.2, -0.15) is 5.10 Å². The normalized spacial score (nSPS) is 21.6. The predicted octanol–water partition coefficient (Wildman–Crippen LogP) is 4.60. The van der Waals surface area contributed by atoms with E-state index >= 15 is 0 Å². The van der Waals surface area contributed by atoms with Gasteiger partial charge in [0.1, 0.15) is 0 Å². The van der Waals surface area contributed by atoms with Crippen molar-refractivity contribution in [3.05, 3.63) is 82.4 Å². The number of carbonyl (C=O) groups excluding carboxylic acids is 1. The minimum atomic E-state index is -0.394. The third-order valence-corrected chi connectivity index (χ3v) is 6.85. The fourth-order valence-corrected chi connectivity index (χ4v) is 5.12. The first kappa shape index (κ1) is 20.0. The number of nitrogens with one attached hydrogen (secondary N) is 1.